The van der Waals surface area contributed by atoms with Gasteiger partial charge in [-0.05, 0) is 74.4 Å². The zero-order valence-electron chi connectivity index (χ0n) is 33.5. The number of hydrogen-bond donors (Lipinski definition) is 0. The molecule has 2 saturated heterocycles. The lowest BCUT2D eigenvalue weighted by atomic mass is 9.92. The van der Waals surface area contributed by atoms with E-state index in [1.165, 1.54) is 17.8 Å². The molecule has 0 spiro atoms. The first-order valence-electron chi connectivity index (χ1n) is 19.5. The molecule has 2 bridgehead atoms. The van der Waals surface area contributed by atoms with E-state index in [9.17, 15) is 9.59 Å². The first kappa shape index (κ1) is 39.2. The number of benzene rings is 2. The predicted molar refractivity (Wildman–Crippen MR) is 219 cm³/mol. The van der Waals surface area contributed by atoms with Crippen molar-refractivity contribution in [2.45, 2.75) is 134 Å². The minimum absolute atomic E-state index is 0.00263. The molecule has 0 aliphatic carbocycles. The summed E-state index contributed by atoms with van der Waals surface area (Å²) < 4.78 is 39.3. The molecule has 1 amide bonds. The topological polar surface area (TPSA) is 88.5 Å². The number of nitrogens with zero attached hydrogens (tertiary/aromatic N) is 5. The second kappa shape index (κ2) is 14.5. The molecule has 3 aliphatic rings. The number of halogens is 2. The maximum Gasteiger partial charge on any atom is 0.410 e. The Morgan fingerprint density at radius 1 is 0.927 bits per heavy atom. The minimum Gasteiger partial charge on any atom is -0.444 e. The number of amides is 1. The number of fused-ring (bicyclic) bond motifs is 6. The van der Waals surface area contributed by atoms with E-state index < -0.39 is 25.3 Å². The Morgan fingerprint density at radius 3 is 2.29 bits per heavy atom. The zero-order valence-corrected chi connectivity index (χ0v) is 35.3. The van der Waals surface area contributed by atoms with Gasteiger partial charge in [0.2, 0.25) is 0 Å². The Morgan fingerprint density at radius 2 is 1.64 bits per heavy atom. The van der Waals surface area contributed by atoms with Crippen molar-refractivity contribution in [1.82, 2.24) is 19.9 Å². The molecule has 2 fully saturated rings. The number of anilines is 1. The van der Waals surface area contributed by atoms with Gasteiger partial charge in [0.1, 0.15) is 42.2 Å². The number of hydrogen-bond acceptors (Lipinski definition) is 8. The highest BCUT2D eigenvalue weighted by Crippen LogP contribution is 2.45. The van der Waals surface area contributed by atoms with Crippen LogP contribution in [0, 0.1) is 23.1 Å². The molecule has 55 heavy (non-hydrogen) atoms. The SMILES string of the molecule is CSc1nc2c3c(nc(-c4cccc5ccc(F)c(C#C[Si](C(C)C)(C(C)C)C(C)C)c45)c(F)c3n1)C(=O)CC[C@@H]1[C@@H]3CC[C@H](CN21)N3C(=O)OC(C)(C)C. The maximum atomic E-state index is 17.4. The van der Waals surface area contributed by atoms with E-state index in [4.69, 9.17) is 14.7 Å². The molecule has 7 rings (SSSR count). The summed E-state index contributed by atoms with van der Waals surface area (Å²) in [5.41, 5.74) is 4.59. The Kier molecular flexibility index (Phi) is 10.3. The number of ketones is 1. The number of carbonyl (C=O) groups excluding carboxylic acids is 2. The summed E-state index contributed by atoms with van der Waals surface area (Å²) in [6.07, 6.45) is 3.61. The number of ether oxygens (including phenoxy) is 1. The van der Waals surface area contributed by atoms with Crippen LogP contribution in [0.3, 0.4) is 0 Å². The standard InChI is InChI=1S/C43H51F2N5O3SSi/c1-23(2)55(24(3)4,25(5)6)21-20-28-30(44)16-14-26-12-11-13-29(34(26)28)37-36(45)39-35-38(46-37)33(51)19-18-31-32-17-15-27(50(32)42(52)53-43(7,8)9)22-49(31)40(35)48-41(47-39)54-10/h11-14,16,23-25,27,31-32H,15,17-19,22H2,1-10H3/t27-,31-,32+/m1/s1. The van der Waals surface area contributed by atoms with E-state index in [2.05, 4.69) is 62.9 Å². The number of aromatic nitrogens is 3. The summed E-state index contributed by atoms with van der Waals surface area (Å²) in [4.78, 5) is 46.3. The van der Waals surface area contributed by atoms with Gasteiger partial charge in [0, 0.05) is 23.9 Å². The van der Waals surface area contributed by atoms with Gasteiger partial charge < -0.3 is 9.64 Å². The van der Waals surface area contributed by atoms with Gasteiger partial charge in [0.15, 0.2) is 16.8 Å². The molecule has 0 radical (unpaired) electrons. The van der Waals surface area contributed by atoms with Gasteiger partial charge >= 0.3 is 6.09 Å². The van der Waals surface area contributed by atoms with Crippen molar-refractivity contribution < 1.29 is 23.1 Å². The minimum atomic E-state index is -2.26. The van der Waals surface area contributed by atoms with Crippen molar-refractivity contribution in [1.29, 1.82) is 0 Å². The molecular weight excluding hydrogens is 733 g/mol. The summed E-state index contributed by atoms with van der Waals surface area (Å²) in [7, 11) is -2.26. The third-order valence-electron chi connectivity index (χ3n) is 12.1. The van der Waals surface area contributed by atoms with E-state index in [0.29, 0.717) is 56.9 Å². The van der Waals surface area contributed by atoms with E-state index in [1.807, 2.05) is 38.0 Å². The second-order valence-corrected chi connectivity index (χ2v) is 23.6. The van der Waals surface area contributed by atoms with Crippen molar-refractivity contribution in [3.05, 3.63) is 53.2 Å². The first-order chi connectivity index (χ1) is 26.0. The first-order valence-corrected chi connectivity index (χ1v) is 22.9. The molecule has 2 aromatic heterocycles. The van der Waals surface area contributed by atoms with Gasteiger partial charge in [-0.15, -0.1) is 5.54 Å². The van der Waals surface area contributed by atoms with Crippen LogP contribution in [0.5, 0.6) is 0 Å². The molecule has 12 heteroatoms. The van der Waals surface area contributed by atoms with Crippen LogP contribution in [0.4, 0.5) is 19.4 Å². The van der Waals surface area contributed by atoms with Crippen LogP contribution in [0.25, 0.3) is 32.9 Å². The van der Waals surface area contributed by atoms with Gasteiger partial charge in [-0.1, -0.05) is 83.5 Å². The monoisotopic (exact) mass is 783 g/mol. The Balaban J connectivity index is 1.44. The summed E-state index contributed by atoms with van der Waals surface area (Å²) in [6, 6.07) is 7.91. The molecule has 3 aliphatic heterocycles. The fourth-order valence-corrected chi connectivity index (χ4v) is 15.3. The fraction of sp³-hybridized carbons (Fsp3) is 0.512. The molecular formula is C43H51F2N5O3SSi. The van der Waals surface area contributed by atoms with Gasteiger partial charge in [-0.3, -0.25) is 9.69 Å². The number of Topliss-reactive ketones (excluding diaryl/α,β-unsaturated/α-hetero) is 1. The van der Waals surface area contributed by atoms with Crippen LogP contribution in [0.15, 0.2) is 35.5 Å². The Bertz CT molecular complexity index is 2260. The predicted octanol–water partition coefficient (Wildman–Crippen LogP) is 10.3. The smallest absolute Gasteiger partial charge is 0.410 e. The third kappa shape index (κ3) is 6.59. The third-order valence-corrected chi connectivity index (χ3v) is 18.9. The lowest BCUT2D eigenvalue weighted by molar-refractivity contribution is 0.00712. The van der Waals surface area contributed by atoms with Gasteiger partial charge in [-0.25, -0.2) is 28.5 Å². The van der Waals surface area contributed by atoms with Crippen molar-refractivity contribution in [2.24, 2.45) is 0 Å². The lowest BCUT2D eigenvalue weighted by Crippen LogP contribution is -2.62. The molecule has 2 aromatic carbocycles. The van der Waals surface area contributed by atoms with E-state index in [0.717, 1.165) is 12.8 Å². The highest BCUT2D eigenvalue weighted by Gasteiger charge is 2.51. The second-order valence-electron chi connectivity index (χ2n) is 17.2. The van der Waals surface area contributed by atoms with E-state index in [-0.39, 0.29) is 64.3 Å². The van der Waals surface area contributed by atoms with Crippen LogP contribution in [0.2, 0.25) is 16.6 Å². The van der Waals surface area contributed by atoms with Gasteiger partial charge in [0.05, 0.1) is 29.1 Å². The van der Waals surface area contributed by atoms with Crippen LogP contribution >= 0.6 is 11.8 Å². The quantitative estimate of drug-likeness (QED) is 0.0856. The largest absolute Gasteiger partial charge is 0.444 e. The molecule has 0 unspecified atom stereocenters. The molecule has 5 heterocycles. The number of rotatable bonds is 5. The summed E-state index contributed by atoms with van der Waals surface area (Å²) in [5, 5.41) is 1.77. The lowest BCUT2D eigenvalue weighted by Gasteiger charge is -2.48. The summed E-state index contributed by atoms with van der Waals surface area (Å²) in [6.45, 7) is 19.3. The van der Waals surface area contributed by atoms with Crippen molar-refractivity contribution in [2.75, 3.05) is 17.7 Å². The maximum absolute atomic E-state index is 17.4. The molecule has 8 nitrogen and oxygen atoms in total. The van der Waals surface area contributed by atoms with E-state index in [1.54, 1.807) is 18.2 Å². The highest BCUT2D eigenvalue weighted by atomic mass is 32.2. The van der Waals surface area contributed by atoms with Crippen LogP contribution in [-0.4, -0.2) is 76.3 Å². The number of pyridine rings is 1. The van der Waals surface area contributed by atoms with Crippen molar-refractivity contribution >= 4 is 59.2 Å². The molecule has 290 valence electrons. The molecule has 4 aromatic rings. The average Bonchev–Trinajstić information content (AvgIpc) is 3.44. The Labute approximate surface area is 328 Å². The summed E-state index contributed by atoms with van der Waals surface area (Å²) >= 11 is 1.29. The van der Waals surface area contributed by atoms with Crippen LogP contribution in [0.1, 0.15) is 104 Å². The molecule has 0 N–H and O–H groups in total. The molecule has 3 atom stereocenters. The highest BCUT2D eigenvalue weighted by molar-refractivity contribution is 7.98. The van der Waals surface area contributed by atoms with Crippen LogP contribution in [-0.2, 0) is 4.74 Å². The average molecular weight is 784 g/mol. The van der Waals surface area contributed by atoms with E-state index >= 15 is 8.78 Å². The fourth-order valence-electron chi connectivity index (χ4n) is 9.72. The Hall–Kier alpha value is -4.08. The summed E-state index contributed by atoms with van der Waals surface area (Å²) in [5.74, 6) is 2.32. The number of carbonyl (C=O) groups is 2. The van der Waals surface area contributed by atoms with Gasteiger partial charge in [0.25, 0.3) is 0 Å². The number of piperazine rings is 1. The molecule has 0 saturated carbocycles. The number of thioether (sulfide) groups is 1. The zero-order chi connectivity index (χ0) is 39.7. The van der Waals surface area contributed by atoms with Crippen LogP contribution < -0.4 is 4.90 Å². The normalized spacial score (nSPS) is 19.9. The van der Waals surface area contributed by atoms with Crippen molar-refractivity contribution in [3.63, 3.8) is 0 Å². The van der Waals surface area contributed by atoms with Crippen molar-refractivity contribution in [3.8, 4) is 22.7 Å². The van der Waals surface area contributed by atoms with Gasteiger partial charge in [-0.2, -0.15) is 0 Å².